The Bertz CT molecular complexity index is 1120. The van der Waals surface area contributed by atoms with Crippen LogP contribution in [0.15, 0.2) is 60.7 Å². The summed E-state index contributed by atoms with van der Waals surface area (Å²) in [6.45, 7) is 0.980. The molecule has 0 aromatic heterocycles. The Kier molecular flexibility index (Phi) is 5.89. The topological polar surface area (TPSA) is 98.8 Å². The number of phenols is 1. The lowest BCUT2D eigenvalue weighted by atomic mass is 9.82. The number of para-hydroxylation sites is 1. The van der Waals surface area contributed by atoms with Gasteiger partial charge in [0.1, 0.15) is 17.2 Å². The number of carbonyl (C=O) groups excluding carboxylic acids is 2. The maximum absolute atomic E-state index is 12.9. The molecule has 0 atom stereocenters. The van der Waals surface area contributed by atoms with Crippen LogP contribution in [0.2, 0.25) is 0 Å². The molecule has 0 saturated heterocycles. The number of hydrogen-bond acceptors (Lipinski definition) is 6. The van der Waals surface area contributed by atoms with Gasteiger partial charge < -0.3 is 20.3 Å². The average molecular weight is 417 g/mol. The van der Waals surface area contributed by atoms with E-state index in [1.165, 1.54) is 6.07 Å². The molecule has 0 radical (unpaired) electrons. The number of nitrogen functional groups attached to an aromatic ring is 1. The van der Waals surface area contributed by atoms with E-state index in [2.05, 4.69) is 0 Å². The molecule has 158 valence electrons. The molecule has 3 aromatic carbocycles. The maximum Gasteiger partial charge on any atom is 0.198 e. The molecule has 6 heteroatoms. The van der Waals surface area contributed by atoms with Crippen LogP contribution in [0.25, 0.3) is 0 Å². The minimum Gasteiger partial charge on any atom is -0.507 e. The number of hydrogen-bond donors (Lipinski definition) is 2. The fourth-order valence-electron chi connectivity index (χ4n) is 3.66. The van der Waals surface area contributed by atoms with Gasteiger partial charge in [-0.3, -0.25) is 9.59 Å². The Labute approximate surface area is 180 Å². The highest BCUT2D eigenvalue weighted by molar-refractivity contribution is 6.31. The number of carbonyl (C=O) groups is 2. The summed E-state index contributed by atoms with van der Waals surface area (Å²) in [5, 5.41) is 10.4. The highest BCUT2D eigenvalue weighted by atomic mass is 16.5. The Morgan fingerprint density at radius 3 is 2.00 bits per heavy atom. The second kappa shape index (κ2) is 8.92. The average Bonchev–Trinajstić information content (AvgIpc) is 2.79. The smallest absolute Gasteiger partial charge is 0.198 e. The zero-order valence-electron chi connectivity index (χ0n) is 17.0. The number of anilines is 1. The van der Waals surface area contributed by atoms with Gasteiger partial charge in [-0.05, 0) is 31.4 Å². The van der Waals surface area contributed by atoms with Gasteiger partial charge in [0.15, 0.2) is 11.6 Å². The molecule has 4 rings (SSSR count). The molecule has 3 N–H and O–H groups in total. The van der Waals surface area contributed by atoms with Crippen LogP contribution in [-0.4, -0.2) is 29.9 Å². The monoisotopic (exact) mass is 417 g/mol. The first kappa shape index (κ1) is 20.5. The van der Waals surface area contributed by atoms with E-state index in [9.17, 15) is 14.7 Å². The Morgan fingerprint density at radius 1 is 0.742 bits per heavy atom. The number of fused-ring (bicyclic) bond motifs is 2. The predicted octanol–water partition coefficient (Wildman–Crippen LogP) is 4.38. The van der Waals surface area contributed by atoms with E-state index in [0.717, 1.165) is 25.0 Å². The van der Waals surface area contributed by atoms with Crippen molar-refractivity contribution in [3.63, 3.8) is 0 Å². The zero-order valence-corrected chi connectivity index (χ0v) is 17.0. The standard InChI is InChI=1S/C25H23NO5/c26-23-20(31-14-8-2-7-13-30-16-9-3-1-4-10-16)15-19(27)21-22(23)25(29)18-12-6-5-11-17(18)24(21)28/h1,3-6,9-12,15,27H,2,7-8,13-14,26H2. The molecule has 31 heavy (non-hydrogen) atoms. The van der Waals surface area contributed by atoms with Crippen molar-refractivity contribution < 1.29 is 24.2 Å². The number of ketones is 2. The number of phenolic OH excluding ortho intramolecular Hbond substituents is 1. The van der Waals surface area contributed by atoms with Crippen molar-refractivity contribution in [3.05, 3.63) is 82.9 Å². The molecular formula is C25H23NO5. The molecule has 0 unspecified atom stereocenters. The van der Waals surface area contributed by atoms with Crippen molar-refractivity contribution in [2.24, 2.45) is 0 Å². The van der Waals surface area contributed by atoms with Crippen LogP contribution in [0.5, 0.6) is 17.2 Å². The van der Waals surface area contributed by atoms with Crippen molar-refractivity contribution >= 4 is 17.3 Å². The van der Waals surface area contributed by atoms with Gasteiger partial charge in [-0.2, -0.15) is 0 Å². The molecule has 0 fully saturated rings. The van der Waals surface area contributed by atoms with Crippen LogP contribution in [-0.2, 0) is 0 Å². The molecule has 0 saturated carbocycles. The lowest BCUT2D eigenvalue weighted by Crippen LogP contribution is -2.23. The zero-order chi connectivity index (χ0) is 21.8. The summed E-state index contributed by atoms with van der Waals surface area (Å²) in [6, 6.07) is 17.5. The molecule has 6 nitrogen and oxygen atoms in total. The minimum absolute atomic E-state index is 0.00922. The highest BCUT2D eigenvalue weighted by Crippen LogP contribution is 2.41. The molecule has 0 bridgehead atoms. The van der Waals surface area contributed by atoms with E-state index < -0.39 is 5.78 Å². The highest BCUT2D eigenvalue weighted by Gasteiger charge is 2.35. The summed E-state index contributed by atoms with van der Waals surface area (Å²) in [5.74, 6) is -0.0571. The van der Waals surface area contributed by atoms with Gasteiger partial charge in [-0.1, -0.05) is 42.5 Å². The third-order valence-corrected chi connectivity index (χ3v) is 5.24. The molecular weight excluding hydrogens is 394 g/mol. The van der Waals surface area contributed by atoms with Crippen molar-refractivity contribution in [1.29, 1.82) is 0 Å². The van der Waals surface area contributed by atoms with Gasteiger partial charge >= 0.3 is 0 Å². The van der Waals surface area contributed by atoms with E-state index >= 15 is 0 Å². The van der Waals surface area contributed by atoms with Gasteiger partial charge in [0.05, 0.1) is 30.0 Å². The van der Waals surface area contributed by atoms with Gasteiger partial charge in [0, 0.05) is 17.2 Å². The van der Waals surface area contributed by atoms with Crippen molar-refractivity contribution in [3.8, 4) is 17.2 Å². The van der Waals surface area contributed by atoms with Gasteiger partial charge in [0.25, 0.3) is 0 Å². The number of rotatable bonds is 8. The first-order valence-corrected chi connectivity index (χ1v) is 10.2. The lowest BCUT2D eigenvalue weighted by molar-refractivity contribution is 0.0977. The van der Waals surface area contributed by atoms with E-state index in [1.54, 1.807) is 24.3 Å². The Balaban J connectivity index is 1.37. The number of unbranched alkanes of at least 4 members (excludes halogenated alkanes) is 2. The first-order chi connectivity index (χ1) is 15.1. The largest absolute Gasteiger partial charge is 0.507 e. The second-order valence-electron chi connectivity index (χ2n) is 7.33. The summed E-state index contributed by atoms with van der Waals surface area (Å²) in [4.78, 5) is 25.7. The van der Waals surface area contributed by atoms with Crippen LogP contribution >= 0.6 is 0 Å². The molecule has 1 aliphatic carbocycles. The van der Waals surface area contributed by atoms with Gasteiger partial charge in [-0.15, -0.1) is 0 Å². The second-order valence-corrected chi connectivity index (χ2v) is 7.33. The SMILES string of the molecule is Nc1c(OCCCCCOc2ccccc2)cc(O)c2c1C(=O)c1ccccc1C2=O. The predicted molar refractivity (Wildman–Crippen MR) is 117 cm³/mol. The van der Waals surface area contributed by atoms with Crippen LogP contribution in [0.3, 0.4) is 0 Å². The van der Waals surface area contributed by atoms with Gasteiger partial charge in [-0.25, -0.2) is 0 Å². The van der Waals surface area contributed by atoms with Crippen LogP contribution in [0.4, 0.5) is 5.69 Å². The fourth-order valence-corrected chi connectivity index (χ4v) is 3.66. The van der Waals surface area contributed by atoms with E-state index in [4.69, 9.17) is 15.2 Å². The van der Waals surface area contributed by atoms with Crippen molar-refractivity contribution in [2.75, 3.05) is 18.9 Å². The third-order valence-electron chi connectivity index (χ3n) is 5.24. The first-order valence-electron chi connectivity index (χ1n) is 10.2. The fraction of sp³-hybridized carbons (Fsp3) is 0.200. The molecule has 0 aliphatic heterocycles. The molecule has 0 heterocycles. The Morgan fingerprint density at radius 2 is 1.32 bits per heavy atom. The summed E-state index contributed by atoms with van der Waals surface area (Å²) in [5.41, 5.74) is 6.75. The third kappa shape index (κ3) is 4.10. The normalized spacial score (nSPS) is 12.3. The van der Waals surface area contributed by atoms with Gasteiger partial charge in [0.2, 0.25) is 0 Å². The molecule has 1 aliphatic rings. The van der Waals surface area contributed by atoms with Crippen molar-refractivity contribution in [2.45, 2.75) is 19.3 Å². The summed E-state index contributed by atoms with van der Waals surface area (Å²) < 4.78 is 11.4. The number of ether oxygens (including phenoxy) is 2. The van der Waals surface area contributed by atoms with E-state index in [-0.39, 0.29) is 45.2 Å². The van der Waals surface area contributed by atoms with Crippen LogP contribution in [0.1, 0.15) is 51.1 Å². The van der Waals surface area contributed by atoms with Crippen LogP contribution < -0.4 is 15.2 Å². The minimum atomic E-state index is -0.417. The number of nitrogens with two attached hydrogens (primary N) is 1. The molecule has 0 amide bonds. The summed E-state index contributed by atoms with van der Waals surface area (Å²) in [6.07, 6.45) is 2.51. The summed E-state index contributed by atoms with van der Waals surface area (Å²) in [7, 11) is 0. The Hall–Kier alpha value is -3.80. The van der Waals surface area contributed by atoms with Crippen molar-refractivity contribution in [1.82, 2.24) is 0 Å². The van der Waals surface area contributed by atoms with Crippen LogP contribution in [0, 0.1) is 0 Å². The quantitative estimate of drug-likeness (QED) is 0.251. The number of benzene rings is 3. The molecule has 0 spiro atoms. The molecule has 3 aromatic rings. The van der Waals surface area contributed by atoms with E-state index in [1.807, 2.05) is 30.3 Å². The maximum atomic E-state index is 12.9. The summed E-state index contributed by atoms with van der Waals surface area (Å²) >= 11 is 0. The lowest BCUT2D eigenvalue weighted by Gasteiger charge is -2.21. The van der Waals surface area contributed by atoms with E-state index in [0.29, 0.717) is 13.2 Å². The number of aromatic hydroxyl groups is 1.